The number of ketones is 1. The molecule has 4 unspecified atom stereocenters. The Morgan fingerprint density at radius 3 is 2.65 bits per heavy atom. The van der Waals surface area contributed by atoms with Crippen LogP contribution in [0.3, 0.4) is 0 Å². The molecule has 2 aliphatic carbocycles. The summed E-state index contributed by atoms with van der Waals surface area (Å²) in [6.45, 7) is 6.95. The summed E-state index contributed by atoms with van der Waals surface area (Å²) in [4.78, 5) is 12.6. The van der Waals surface area contributed by atoms with E-state index in [1.165, 1.54) is 4.31 Å². The van der Waals surface area contributed by atoms with Crippen molar-refractivity contribution in [1.29, 1.82) is 0 Å². The minimum Gasteiger partial charge on any atom is -0.374 e. The van der Waals surface area contributed by atoms with Crippen LogP contribution < -0.4 is 5.73 Å². The lowest BCUT2D eigenvalue weighted by molar-refractivity contribution is -0.128. The number of rotatable bonds is 4. The van der Waals surface area contributed by atoms with Crippen molar-refractivity contribution in [1.82, 2.24) is 4.31 Å². The molecule has 2 saturated carbocycles. The lowest BCUT2D eigenvalue weighted by atomic mass is 9.70. The maximum Gasteiger partial charge on any atom is 0.215 e. The van der Waals surface area contributed by atoms with Gasteiger partial charge in [0.25, 0.3) is 0 Å². The Bertz CT molecular complexity index is 601. The van der Waals surface area contributed by atoms with Gasteiger partial charge in [0.15, 0.2) is 0 Å². The summed E-state index contributed by atoms with van der Waals surface area (Å²) >= 11 is 0. The summed E-state index contributed by atoms with van der Waals surface area (Å²) in [5.41, 5.74) is 4.92. The Kier molecular flexibility index (Phi) is 4.15. The van der Waals surface area contributed by atoms with Crippen molar-refractivity contribution in [2.45, 2.75) is 52.2 Å². The predicted octanol–water partition coefficient (Wildman–Crippen LogP) is 0.760. The van der Waals surface area contributed by atoms with Crippen molar-refractivity contribution in [3.8, 4) is 0 Å². The molecule has 0 aromatic rings. The highest BCUT2D eigenvalue weighted by atomic mass is 32.2. The molecule has 7 heteroatoms. The second-order valence-electron chi connectivity index (χ2n) is 8.05. The van der Waals surface area contributed by atoms with Gasteiger partial charge in [-0.3, -0.25) is 4.79 Å². The average Bonchev–Trinajstić information content (AvgIpc) is 2.81. The molecule has 0 aromatic heterocycles. The summed E-state index contributed by atoms with van der Waals surface area (Å²) in [6, 6.07) is -0.216. The first-order chi connectivity index (χ1) is 10.6. The molecule has 0 spiro atoms. The van der Waals surface area contributed by atoms with E-state index < -0.39 is 15.4 Å². The van der Waals surface area contributed by atoms with Crippen molar-refractivity contribution in [2.75, 3.05) is 25.4 Å². The van der Waals surface area contributed by atoms with Gasteiger partial charge in [-0.15, -0.1) is 0 Å². The monoisotopic (exact) mass is 344 g/mol. The normalized spacial score (nSPS) is 38.9. The number of hydrogen-bond acceptors (Lipinski definition) is 5. The van der Waals surface area contributed by atoms with Crippen LogP contribution >= 0.6 is 0 Å². The SMILES string of the molecule is CC(N)C1CN(S(=O)(=O)CC23CCC(CC2=O)C3(C)C)CCO1. The van der Waals surface area contributed by atoms with Crippen molar-refractivity contribution in [3.05, 3.63) is 0 Å². The summed E-state index contributed by atoms with van der Waals surface area (Å²) in [7, 11) is -3.50. The zero-order valence-electron chi connectivity index (χ0n) is 14.2. The fraction of sp³-hybridized carbons (Fsp3) is 0.938. The fourth-order valence-corrected chi connectivity index (χ4v) is 6.94. The van der Waals surface area contributed by atoms with Gasteiger partial charge >= 0.3 is 0 Å². The molecule has 1 aliphatic heterocycles. The van der Waals surface area contributed by atoms with Crippen LogP contribution in [0.15, 0.2) is 0 Å². The maximum atomic E-state index is 13.0. The molecule has 0 aromatic carbocycles. The van der Waals surface area contributed by atoms with Crippen LogP contribution in [-0.4, -0.2) is 56.1 Å². The van der Waals surface area contributed by atoms with Crippen LogP contribution in [0.4, 0.5) is 0 Å². The lowest BCUT2D eigenvalue weighted by Crippen LogP contribution is -2.54. The van der Waals surface area contributed by atoms with E-state index in [0.29, 0.717) is 31.9 Å². The van der Waals surface area contributed by atoms with Crippen molar-refractivity contribution in [3.63, 3.8) is 0 Å². The summed E-state index contributed by atoms with van der Waals surface area (Å²) in [5, 5.41) is 0. The second-order valence-corrected chi connectivity index (χ2v) is 10.0. The molecule has 1 saturated heterocycles. The number of carbonyl (C=O) groups excluding carboxylic acids is 1. The Morgan fingerprint density at radius 2 is 2.13 bits per heavy atom. The van der Waals surface area contributed by atoms with Gasteiger partial charge in [-0.2, -0.15) is 4.31 Å². The van der Waals surface area contributed by atoms with E-state index in [9.17, 15) is 13.2 Å². The molecule has 4 atom stereocenters. The fourth-order valence-electron chi connectivity index (χ4n) is 4.73. The van der Waals surface area contributed by atoms with E-state index in [0.717, 1.165) is 6.42 Å². The minimum absolute atomic E-state index is 0.0615. The molecule has 23 heavy (non-hydrogen) atoms. The molecule has 3 aliphatic rings. The number of ether oxygens (including phenoxy) is 1. The largest absolute Gasteiger partial charge is 0.374 e. The number of nitrogens with zero attached hydrogens (tertiary/aromatic N) is 1. The van der Waals surface area contributed by atoms with Gasteiger partial charge in [0.2, 0.25) is 10.0 Å². The standard InChI is InChI=1S/C16H28N2O4S/c1-11(17)13-9-18(6-7-22-13)23(20,21)10-16-5-4-12(8-14(16)19)15(16,2)3/h11-13H,4-10,17H2,1-3H3. The number of sulfonamides is 1. The van der Waals surface area contributed by atoms with Gasteiger partial charge in [-0.1, -0.05) is 13.8 Å². The zero-order chi connectivity index (χ0) is 17.0. The van der Waals surface area contributed by atoms with Crippen molar-refractivity contribution < 1.29 is 17.9 Å². The van der Waals surface area contributed by atoms with E-state index in [2.05, 4.69) is 13.8 Å². The first kappa shape index (κ1) is 17.3. The Morgan fingerprint density at radius 1 is 1.43 bits per heavy atom. The number of Topliss-reactive ketones (excluding diaryl/α,β-unsaturated/α-hetero) is 1. The van der Waals surface area contributed by atoms with Crippen LogP contribution in [0.5, 0.6) is 0 Å². The van der Waals surface area contributed by atoms with E-state index >= 15 is 0 Å². The quantitative estimate of drug-likeness (QED) is 0.813. The summed E-state index contributed by atoms with van der Waals surface area (Å²) < 4.78 is 33.0. The van der Waals surface area contributed by atoms with Gasteiger partial charge < -0.3 is 10.5 Å². The van der Waals surface area contributed by atoms with E-state index in [4.69, 9.17) is 10.5 Å². The second kappa shape index (κ2) is 5.51. The molecular formula is C16H28N2O4S. The number of nitrogens with two attached hydrogens (primary N) is 1. The molecule has 3 rings (SSSR count). The van der Waals surface area contributed by atoms with E-state index in [1.807, 2.05) is 6.92 Å². The number of hydrogen-bond donors (Lipinski definition) is 1. The Labute approximate surface area is 138 Å². The third kappa shape index (κ3) is 2.56. The molecule has 3 fully saturated rings. The molecule has 1 heterocycles. The van der Waals surface area contributed by atoms with Crippen LogP contribution in [0.2, 0.25) is 0 Å². The molecule has 0 amide bonds. The van der Waals surface area contributed by atoms with Crippen molar-refractivity contribution in [2.24, 2.45) is 22.5 Å². The number of carbonyl (C=O) groups is 1. The molecule has 132 valence electrons. The van der Waals surface area contributed by atoms with Gasteiger partial charge in [0.1, 0.15) is 5.78 Å². The Balaban J connectivity index is 1.83. The molecular weight excluding hydrogens is 316 g/mol. The molecule has 2 N–H and O–H groups in total. The third-order valence-electron chi connectivity index (χ3n) is 6.60. The highest BCUT2D eigenvalue weighted by molar-refractivity contribution is 7.89. The van der Waals surface area contributed by atoms with Crippen molar-refractivity contribution >= 4 is 15.8 Å². The Hall–Kier alpha value is -0.500. The highest BCUT2D eigenvalue weighted by Crippen LogP contribution is 2.64. The first-order valence-corrected chi connectivity index (χ1v) is 10.1. The molecule has 0 radical (unpaired) electrons. The molecule has 6 nitrogen and oxygen atoms in total. The topological polar surface area (TPSA) is 89.7 Å². The van der Waals surface area contributed by atoms with Gasteiger partial charge in [0, 0.05) is 31.0 Å². The summed E-state index contributed by atoms with van der Waals surface area (Å²) in [5.74, 6) is 0.402. The van der Waals surface area contributed by atoms with Crippen LogP contribution in [0, 0.1) is 16.7 Å². The number of fused-ring (bicyclic) bond motifs is 2. The third-order valence-corrected chi connectivity index (χ3v) is 8.58. The zero-order valence-corrected chi connectivity index (χ0v) is 15.1. The maximum absolute atomic E-state index is 13.0. The van der Waals surface area contributed by atoms with Gasteiger partial charge in [0.05, 0.1) is 18.5 Å². The summed E-state index contributed by atoms with van der Waals surface area (Å²) in [6.07, 6.45) is 1.91. The lowest BCUT2D eigenvalue weighted by Gasteiger charge is -2.39. The molecule has 2 bridgehead atoms. The average molecular weight is 344 g/mol. The van der Waals surface area contributed by atoms with E-state index in [1.54, 1.807) is 0 Å². The predicted molar refractivity (Wildman–Crippen MR) is 87.3 cm³/mol. The first-order valence-electron chi connectivity index (χ1n) is 8.48. The van der Waals surface area contributed by atoms with Crippen LogP contribution in [-0.2, 0) is 19.6 Å². The van der Waals surface area contributed by atoms with Crippen LogP contribution in [0.1, 0.15) is 40.0 Å². The minimum atomic E-state index is -3.50. The highest BCUT2D eigenvalue weighted by Gasteiger charge is 2.65. The smallest absolute Gasteiger partial charge is 0.215 e. The van der Waals surface area contributed by atoms with E-state index in [-0.39, 0.29) is 35.6 Å². The van der Waals surface area contributed by atoms with Gasteiger partial charge in [-0.25, -0.2) is 8.42 Å². The van der Waals surface area contributed by atoms with Gasteiger partial charge in [-0.05, 0) is 31.1 Å². The van der Waals surface area contributed by atoms with Crippen LogP contribution in [0.25, 0.3) is 0 Å². The number of morpholine rings is 1.